The number of rotatable bonds is 5. The van der Waals surface area contributed by atoms with Crippen LogP contribution in [0.2, 0.25) is 5.15 Å². The van der Waals surface area contributed by atoms with Crippen molar-refractivity contribution in [1.82, 2.24) is 9.97 Å². The molecule has 0 radical (unpaired) electrons. The Morgan fingerprint density at radius 1 is 1.25 bits per heavy atom. The average molecular weight is 292 g/mol. The van der Waals surface area contributed by atoms with Crippen LogP contribution in [0.4, 0.5) is 11.5 Å². The summed E-state index contributed by atoms with van der Waals surface area (Å²) in [6.07, 6.45) is 1.47. The molecule has 1 heterocycles. The number of anilines is 2. The molecular formula is C15H18ClN3O. The first kappa shape index (κ1) is 14.8. The zero-order chi connectivity index (χ0) is 14.5. The van der Waals surface area contributed by atoms with Crippen LogP contribution in [0, 0.1) is 0 Å². The minimum Gasteiger partial charge on any atom is -0.380 e. The van der Waals surface area contributed by atoms with Crippen LogP contribution >= 0.6 is 11.6 Å². The highest BCUT2D eigenvalue weighted by molar-refractivity contribution is 6.30. The van der Waals surface area contributed by atoms with Crippen molar-refractivity contribution < 1.29 is 4.74 Å². The highest BCUT2D eigenvalue weighted by Gasteiger charge is 2.14. The van der Waals surface area contributed by atoms with Crippen LogP contribution < -0.4 is 5.32 Å². The molecule has 0 aliphatic heterocycles. The molecule has 2 rings (SSSR count). The van der Waals surface area contributed by atoms with Crippen molar-refractivity contribution in [1.29, 1.82) is 0 Å². The van der Waals surface area contributed by atoms with Crippen LogP contribution in [0.5, 0.6) is 0 Å². The Kier molecular flexibility index (Phi) is 4.93. The van der Waals surface area contributed by atoms with Crippen molar-refractivity contribution in [2.75, 3.05) is 12.4 Å². The first-order chi connectivity index (χ1) is 9.63. The number of aromatic nitrogens is 2. The number of hydrogen-bond acceptors (Lipinski definition) is 4. The third-order valence-electron chi connectivity index (χ3n) is 2.98. The Bertz CT molecular complexity index is 587. The van der Waals surface area contributed by atoms with Gasteiger partial charge in [-0.15, -0.1) is 0 Å². The second kappa shape index (κ2) is 6.68. The van der Waals surface area contributed by atoms with E-state index >= 15 is 0 Å². The van der Waals surface area contributed by atoms with Crippen molar-refractivity contribution in [2.24, 2.45) is 0 Å². The molecule has 0 atom stereocenters. The molecule has 4 nitrogen and oxygen atoms in total. The van der Waals surface area contributed by atoms with Crippen molar-refractivity contribution in [3.05, 3.63) is 46.9 Å². The van der Waals surface area contributed by atoms with Crippen LogP contribution in [-0.2, 0) is 11.3 Å². The Balaban J connectivity index is 2.38. The second-order valence-corrected chi connectivity index (χ2v) is 5.15. The molecule has 0 spiro atoms. The maximum atomic E-state index is 6.18. The lowest BCUT2D eigenvalue weighted by Crippen LogP contribution is -2.05. The number of methoxy groups -OCH3 is 1. The van der Waals surface area contributed by atoms with E-state index in [0.717, 1.165) is 22.6 Å². The SMILES string of the molecule is COCc1ccccc1Nc1ncnc(Cl)c1C(C)C. The lowest BCUT2D eigenvalue weighted by atomic mass is 10.1. The fourth-order valence-electron chi connectivity index (χ4n) is 2.04. The zero-order valence-electron chi connectivity index (χ0n) is 11.9. The van der Waals surface area contributed by atoms with E-state index in [-0.39, 0.29) is 5.92 Å². The van der Waals surface area contributed by atoms with Gasteiger partial charge < -0.3 is 10.1 Å². The van der Waals surface area contributed by atoms with Gasteiger partial charge in [0, 0.05) is 23.9 Å². The topological polar surface area (TPSA) is 47.0 Å². The molecule has 5 heteroatoms. The monoisotopic (exact) mass is 291 g/mol. The van der Waals surface area contributed by atoms with E-state index < -0.39 is 0 Å². The highest BCUT2D eigenvalue weighted by Crippen LogP contribution is 2.30. The highest BCUT2D eigenvalue weighted by atomic mass is 35.5. The van der Waals surface area contributed by atoms with E-state index in [1.54, 1.807) is 7.11 Å². The van der Waals surface area contributed by atoms with Gasteiger partial charge in [0.2, 0.25) is 0 Å². The van der Waals surface area contributed by atoms with Gasteiger partial charge >= 0.3 is 0 Å². The van der Waals surface area contributed by atoms with Gasteiger partial charge in [0.15, 0.2) is 0 Å². The summed E-state index contributed by atoms with van der Waals surface area (Å²) in [5, 5.41) is 3.82. The molecule has 106 valence electrons. The van der Waals surface area contributed by atoms with Crippen molar-refractivity contribution in [3.63, 3.8) is 0 Å². The van der Waals surface area contributed by atoms with Gasteiger partial charge in [0.25, 0.3) is 0 Å². The normalized spacial score (nSPS) is 10.8. The van der Waals surface area contributed by atoms with E-state index in [1.807, 2.05) is 24.3 Å². The van der Waals surface area contributed by atoms with E-state index in [9.17, 15) is 0 Å². The molecular weight excluding hydrogens is 274 g/mol. The maximum Gasteiger partial charge on any atom is 0.138 e. The first-order valence-corrected chi connectivity index (χ1v) is 6.85. The van der Waals surface area contributed by atoms with Crippen LogP contribution in [0.25, 0.3) is 0 Å². The van der Waals surface area contributed by atoms with E-state index in [1.165, 1.54) is 6.33 Å². The smallest absolute Gasteiger partial charge is 0.138 e. The predicted molar refractivity (Wildman–Crippen MR) is 81.6 cm³/mol. The molecule has 1 aromatic heterocycles. The Labute approximate surface area is 124 Å². The van der Waals surface area contributed by atoms with Gasteiger partial charge in [0.1, 0.15) is 17.3 Å². The molecule has 0 saturated heterocycles. The van der Waals surface area contributed by atoms with Gasteiger partial charge in [0.05, 0.1) is 6.61 Å². The van der Waals surface area contributed by atoms with Crippen LogP contribution in [0.15, 0.2) is 30.6 Å². The fourth-order valence-corrected chi connectivity index (χ4v) is 2.39. The van der Waals surface area contributed by atoms with Crippen LogP contribution in [-0.4, -0.2) is 17.1 Å². The third-order valence-corrected chi connectivity index (χ3v) is 3.28. The summed E-state index contributed by atoms with van der Waals surface area (Å²) in [6.45, 7) is 4.67. The van der Waals surface area contributed by atoms with Gasteiger partial charge in [-0.2, -0.15) is 0 Å². The van der Waals surface area contributed by atoms with E-state index in [4.69, 9.17) is 16.3 Å². The number of halogens is 1. The molecule has 0 bridgehead atoms. The standard InChI is InChI=1S/C15H18ClN3O/c1-10(2)13-14(16)17-9-18-15(13)19-12-7-5-4-6-11(12)8-20-3/h4-7,9-10H,8H2,1-3H3,(H,17,18,19). The molecule has 0 amide bonds. The summed E-state index contributed by atoms with van der Waals surface area (Å²) in [5.41, 5.74) is 2.95. The minimum atomic E-state index is 0.237. The summed E-state index contributed by atoms with van der Waals surface area (Å²) in [6, 6.07) is 7.97. The lowest BCUT2D eigenvalue weighted by molar-refractivity contribution is 0.185. The van der Waals surface area contributed by atoms with Crippen LogP contribution in [0.1, 0.15) is 30.9 Å². The van der Waals surface area contributed by atoms with Crippen molar-refractivity contribution in [3.8, 4) is 0 Å². The third kappa shape index (κ3) is 3.26. The quantitative estimate of drug-likeness (QED) is 0.841. The Morgan fingerprint density at radius 3 is 2.70 bits per heavy atom. The number of para-hydroxylation sites is 1. The zero-order valence-corrected chi connectivity index (χ0v) is 12.6. The molecule has 0 unspecified atom stereocenters. The number of nitrogens with zero attached hydrogens (tertiary/aromatic N) is 2. The number of hydrogen-bond donors (Lipinski definition) is 1. The Morgan fingerprint density at radius 2 is 2.00 bits per heavy atom. The molecule has 0 saturated carbocycles. The number of ether oxygens (including phenoxy) is 1. The number of benzene rings is 1. The largest absolute Gasteiger partial charge is 0.380 e. The molecule has 1 aromatic carbocycles. The predicted octanol–water partition coefficient (Wildman–Crippen LogP) is 4.14. The van der Waals surface area contributed by atoms with Crippen LogP contribution in [0.3, 0.4) is 0 Å². The Hall–Kier alpha value is -1.65. The molecule has 2 aromatic rings. The van der Waals surface area contributed by atoms with Gasteiger partial charge in [-0.3, -0.25) is 0 Å². The molecule has 0 aliphatic carbocycles. The summed E-state index contributed by atoms with van der Waals surface area (Å²) < 4.78 is 5.21. The fraction of sp³-hybridized carbons (Fsp3) is 0.333. The number of nitrogens with one attached hydrogen (secondary N) is 1. The molecule has 0 aliphatic rings. The summed E-state index contributed by atoms with van der Waals surface area (Å²) >= 11 is 6.18. The van der Waals surface area contributed by atoms with Crippen molar-refractivity contribution >= 4 is 23.1 Å². The van der Waals surface area contributed by atoms with E-state index in [2.05, 4.69) is 29.1 Å². The minimum absolute atomic E-state index is 0.237. The average Bonchev–Trinajstić information content (AvgIpc) is 2.41. The molecule has 1 N–H and O–H groups in total. The first-order valence-electron chi connectivity index (χ1n) is 6.47. The van der Waals surface area contributed by atoms with Gasteiger partial charge in [-0.25, -0.2) is 9.97 Å². The maximum absolute atomic E-state index is 6.18. The molecule has 20 heavy (non-hydrogen) atoms. The van der Waals surface area contributed by atoms with Crippen molar-refractivity contribution in [2.45, 2.75) is 26.4 Å². The summed E-state index contributed by atoms with van der Waals surface area (Å²) in [4.78, 5) is 8.36. The van der Waals surface area contributed by atoms with Gasteiger partial charge in [-0.1, -0.05) is 43.6 Å². The summed E-state index contributed by atoms with van der Waals surface area (Å²) in [5.74, 6) is 0.976. The van der Waals surface area contributed by atoms with E-state index in [0.29, 0.717) is 11.8 Å². The lowest BCUT2D eigenvalue weighted by Gasteiger charge is -2.16. The second-order valence-electron chi connectivity index (χ2n) is 4.80. The molecule has 0 fully saturated rings. The van der Waals surface area contributed by atoms with Gasteiger partial charge in [-0.05, 0) is 12.0 Å². The summed E-state index contributed by atoms with van der Waals surface area (Å²) in [7, 11) is 1.68.